The average molecular weight is 260 g/mol. The Hall–Kier alpha value is -2.50. The Balaban J connectivity index is 2.25. The minimum Gasteiger partial charge on any atom is -0.370 e. The first kappa shape index (κ1) is 12.9. The Morgan fingerprint density at radius 1 is 1.37 bits per heavy atom. The molecule has 6 heteroatoms. The predicted octanol–water partition coefficient (Wildman–Crippen LogP) is 2.30. The lowest BCUT2D eigenvalue weighted by molar-refractivity contribution is 0.102. The lowest BCUT2D eigenvalue weighted by Gasteiger charge is -2.10. The van der Waals surface area contributed by atoms with Crippen molar-refractivity contribution in [1.29, 1.82) is 0 Å². The summed E-state index contributed by atoms with van der Waals surface area (Å²) in [5.41, 5.74) is 0.755. The highest BCUT2D eigenvalue weighted by atomic mass is 19.1. The molecule has 2 rings (SSSR count). The lowest BCUT2D eigenvalue weighted by atomic mass is 10.2. The quantitative estimate of drug-likeness (QED) is 0.885. The number of hydrogen-bond donors (Lipinski definition) is 2. The number of rotatable bonds is 4. The van der Waals surface area contributed by atoms with Gasteiger partial charge in [0.25, 0.3) is 5.91 Å². The summed E-state index contributed by atoms with van der Waals surface area (Å²) in [6.45, 7) is 2.46. The molecule has 0 saturated heterocycles. The van der Waals surface area contributed by atoms with E-state index in [0.717, 1.165) is 12.3 Å². The van der Waals surface area contributed by atoms with E-state index in [9.17, 15) is 9.18 Å². The van der Waals surface area contributed by atoms with E-state index in [2.05, 4.69) is 20.6 Å². The third-order valence-corrected chi connectivity index (χ3v) is 2.38. The molecule has 0 atom stereocenters. The van der Waals surface area contributed by atoms with Gasteiger partial charge in [0, 0.05) is 24.6 Å². The van der Waals surface area contributed by atoms with Gasteiger partial charge in [-0.2, -0.15) is 0 Å². The molecule has 0 saturated carbocycles. The van der Waals surface area contributed by atoms with Crippen LogP contribution < -0.4 is 10.6 Å². The zero-order valence-corrected chi connectivity index (χ0v) is 10.4. The maximum Gasteiger partial charge on any atom is 0.259 e. The first-order chi connectivity index (χ1) is 9.20. The standard InChI is InChI=1S/C13H13FN4O/c1-2-16-12-11(7-9(14)8-17-12)13(19)18-10-3-5-15-6-4-10/h3-8H,2H2,1H3,(H,16,17)(H,15,18,19). The van der Waals surface area contributed by atoms with Crippen molar-refractivity contribution in [2.45, 2.75) is 6.92 Å². The van der Waals surface area contributed by atoms with Crippen molar-refractivity contribution in [3.63, 3.8) is 0 Å². The molecule has 2 aromatic heterocycles. The topological polar surface area (TPSA) is 66.9 Å². The summed E-state index contributed by atoms with van der Waals surface area (Å²) in [6.07, 6.45) is 4.19. The van der Waals surface area contributed by atoms with Crippen molar-refractivity contribution in [3.8, 4) is 0 Å². The first-order valence-corrected chi connectivity index (χ1v) is 5.81. The molecular formula is C13H13FN4O. The molecule has 2 heterocycles. The number of hydrogen-bond acceptors (Lipinski definition) is 4. The highest BCUT2D eigenvalue weighted by Gasteiger charge is 2.13. The zero-order chi connectivity index (χ0) is 13.7. The molecule has 2 N–H and O–H groups in total. The molecule has 0 unspecified atom stereocenters. The zero-order valence-electron chi connectivity index (χ0n) is 10.4. The van der Waals surface area contributed by atoms with Gasteiger partial charge in [-0.25, -0.2) is 9.37 Å². The van der Waals surface area contributed by atoms with Crippen LogP contribution >= 0.6 is 0 Å². The Morgan fingerprint density at radius 3 is 2.79 bits per heavy atom. The monoisotopic (exact) mass is 260 g/mol. The minimum atomic E-state index is -0.554. The molecular weight excluding hydrogens is 247 g/mol. The number of carbonyl (C=O) groups is 1. The van der Waals surface area contributed by atoms with Crippen molar-refractivity contribution >= 4 is 17.4 Å². The van der Waals surface area contributed by atoms with Gasteiger partial charge in [-0.15, -0.1) is 0 Å². The maximum absolute atomic E-state index is 13.2. The van der Waals surface area contributed by atoms with E-state index in [-0.39, 0.29) is 5.56 Å². The van der Waals surface area contributed by atoms with Crippen LogP contribution in [-0.2, 0) is 0 Å². The van der Waals surface area contributed by atoms with Crippen molar-refractivity contribution < 1.29 is 9.18 Å². The molecule has 0 fully saturated rings. The molecule has 1 amide bonds. The number of amides is 1. The second-order valence-electron chi connectivity index (χ2n) is 3.77. The van der Waals surface area contributed by atoms with E-state index in [1.165, 1.54) is 0 Å². The third kappa shape index (κ3) is 3.25. The molecule has 0 aliphatic rings. The summed E-state index contributed by atoms with van der Waals surface area (Å²) in [6, 6.07) is 4.45. The Labute approximate surface area is 109 Å². The van der Waals surface area contributed by atoms with Gasteiger partial charge < -0.3 is 10.6 Å². The summed E-state index contributed by atoms with van der Waals surface area (Å²) in [5.74, 6) is -0.619. The molecule has 0 aromatic carbocycles. The van der Waals surface area contributed by atoms with Gasteiger partial charge in [-0.1, -0.05) is 0 Å². The largest absolute Gasteiger partial charge is 0.370 e. The van der Waals surface area contributed by atoms with E-state index in [1.807, 2.05) is 6.92 Å². The van der Waals surface area contributed by atoms with Gasteiger partial charge in [0.1, 0.15) is 11.6 Å². The number of nitrogens with zero attached hydrogens (tertiary/aromatic N) is 2. The van der Waals surface area contributed by atoms with E-state index < -0.39 is 11.7 Å². The van der Waals surface area contributed by atoms with Crippen LogP contribution in [-0.4, -0.2) is 22.4 Å². The lowest BCUT2D eigenvalue weighted by Crippen LogP contribution is -2.16. The van der Waals surface area contributed by atoms with Crippen LogP contribution in [0.1, 0.15) is 17.3 Å². The molecule has 98 valence electrons. The van der Waals surface area contributed by atoms with Gasteiger partial charge in [0.2, 0.25) is 0 Å². The predicted molar refractivity (Wildman–Crippen MR) is 70.5 cm³/mol. The van der Waals surface area contributed by atoms with Gasteiger partial charge in [-0.3, -0.25) is 9.78 Å². The summed E-state index contributed by atoms with van der Waals surface area (Å²) < 4.78 is 13.2. The van der Waals surface area contributed by atoms with E-state index in [4.69, 9.17) is 0 Å². The van der Waals surface area contributed by atoms with Crippen LogP contribution in [0.5, 0.6) is 0 Å². The fourth-order valence-electron chi connectivity index (χ4n) is 1.55. The van der Waals surface area contributed by atoms with Crippen LogP contribution in [0.4, 0.5) is 15.9 Å². The molecule has 0 aliphatic heterocycles. The SMILES string of the molecule is CCNc1ncc(F)cc1C(=O)Nc1ccncc1. The van der Waals surface area contributed by atoms with Crippen LogP contribution in [0.15, 0.2) is 36.8 Å². The van der Waals surface area contributed by atoms with Crippen molar-refractivity contribution in [1.82, 2.24) is 9.97 Å². The number of pyridine rings is 2. The Morgan fingerprint density at radius 2 is 2.11 bits per heavy atom. The molecule has 5 nitrogen and oxygen atoms in total. The Kier molecular flexibility index (Phi) is 4.02. The van der Waals surface area contributed by atoms with E-state index in [1.54, 1.807) is 24.5 Å². The van der Waals surface area contributed by atoms with Crippen LogP contribution in [0.2, 0.25) is 0 Å². The fourth-order valence-corrected chi connectivity index (χ4v) is 1.55. The van der Waals surface area contributed by atoms with Gasteiger partial charge in [0.05, 0.1) is 11.8 Å². The number of anilines is 2. The molecule has 0 radical (unpaired) electrons. The number of aromatic nitrogens is 2. The van der Waals surface area contributed by atoms with Crippen LogP contribution in [0, 0.1) is 5.82 Å². The van der Waals surface area contributed by atoms with E-state index in [0.29, 0.717) is 18.1 Å². The maximum atomic E-state index is 13.2. The average Bonchev–Trinajstić information content (AvgIpc) is 2.42. The van der Waals surface area contributed by atoms with Crippen LogP contribution in [0.3, 0.4) is 0 Å². The molecule has 19 heavy (non-hydrogen) atoms. The normalized spacial score (nSPS) is 10.0. The molecule has 0 bridgehead atoms. The number of carbonyl (C=O) groups excluding carboxylic acids is 1. The van der Waals surface area contributed by atoms with Gasteiger partial charge in [-0.05, 0) is 25.1 Å². The smallest absolute Gasteiger partial charge is 0.259 e. The highest BCUT2D eigenvalue weighted by Crippen LogP contribution is 2.15. The van der Waals surface area contributed by atoms with E-state index >= 15 is 0 Å². The third-order valence-electron chi connectivity index (χ3n) is 2.38. The van der Waals surface area contributed by atoms with Crippen LogP contribution in [0.25, 0.3) is 0 Å². The number of nitrogens with one attached hydrogen (secondary N) is 2. The fraction of sp³-hybridized carbons (Fsp3) is 0.154. The minimum absolute atomic E-state index is 0.165. The second kappa shape index (κ2) is 5.90. The van der Waals surface area contributed by atoms with Gasteiger partial charge in [0.15, 0.2) is 0 Å². The van der Waals surface area contributed by atoms with Crippen molar-refractivity contribution in [3.05, 3.63) is 48.2 Å². The molecule has 0 aliphatic carbocycles. The van der Waals surface area contributed by atoms with Gasteiger partial charge >= 0.3 is 0 Å². The van der Waals surface area contributed by atoms with Crippen molar-refractivity contribution in [2.24, 2.45) is 0 Å². The summed E-state index contributed by atoms with van der Waals surface area (Å²) >= 11 is 0. The summed E-state index contributed by atoms with van der Waals surface area (Å²) in [7, 11) is 0. The molecule has 2 aromatic rings. The highest BCUT2D eigenvalue weighted by molar-refractivity contribution is 6.07. The van der Waals surface area contributed by atoms with Crippen molar-refractivity contribution in [2.75, 3.05) is 17.2 Å². The summed E-state index contributed by atoms with van der Waals surface area (Å²) in [5, 5.41) is 5.58. The molecule has 0 spiro atoms. The summed E-state index contributed by atoms with van der Waals surface area (Å²) in [4.78, 5) is 19.8. The number of halogens is 1. The Bertz CT molecular complexity index is 574. The second-order valence-corrected chi connectivity index (χ2v) is 3.77. The first-order valence-electron chi connectivity index (χ1n) is 5.81.